The van der Waals surface area contributed by atoms with E-state index in [4.69, 9.17) is 11.6 Å². The summed E-state index contributed by atoms with van der Waals surface area (Å²) in [6.45, 7) is 1.37. The summed E-state index contributed by atoms with van der Waals surface area (Å²) in [7, 11) is 0. The van der Waals surface area contributed by atoms with Gasteiger partial charge in [-0.15, -0.1) is 0 Å². The number of hydrogen-bond acceptors (Lipinski definition) is 5. The van der Waals surface area contributed by atoms with Gasteiger partial charge in [0.25, 0.3) is 5.91 Å². The molecule has 1 aliphatic rings. The highest BCUT2D eigenvalue weighted by Gasteiger charge is 2.26. The first-order valence-corrected chi connectivity index (χ1v) is 8.93. The lowest BCUT2D eigenvalue weighted by atomic mass is 10.2. The van der Waals surface area contributed by atoms with Gasteiger partial charge >= 0.3 is 0 Å². The summed E-state index contributed by atoms with van der Waals surface area (Å²) < 4.78 is 17.3. The standard InChI is InChI=1S/C18H13ClFN7O/c19-11-7-22-15-6-13(24-27(15)8-11)18(28)26-5-4-25-9-14(23-16(25)10-26)12-2-1-3-21-17(12)20/h1-3,6-9H,4-5,10H2. The largest absolute Gasteiger partial charge is 0.331 e. The van der Waals surface area contributed by atoms with Gasteiger partial charge in [0.05, 0.1) is 29.0 Å². The Morgan fingerprint density at radius 2 is 2.11 bits per heavy atom. The van der Waals surface area contributed by atoms with Gasteiger partial charge in [-0.05, 0) is 12.1 Å². The number of fused-ring (bicyclic) bond motifs is 2. The second-order valence-electron chi connectivity index (χ2n) is 6.41. The summed E-state index contributed by atoms with van der Waals surface area (Å²) in [6, 6.07) is 4.92. The quantitative estimate of drug-likeness (QED) is 0.485. The number of imidazole rings is 1. The summed E-state index contributed by atoms with van der Waals surface area (Å²) in [5.74, 6) is -0.102. The van der Waals surface area contributed by atoms with Gasteiger partial charge < -0.3 is 9.47 Å². The number of carbonyl (C=O) groups is 1. The number of halogens is 2. The van der Waals surface area contributed by atoms with E-state index in [0.717, 1.165) is 0 Å². The van der Waals surface area contributed by atoms with Gasteiger partial charge in [-0.1, -0.05) is 11.6 Å². The number of aromatic nitrogens is 6. The van der Waals surface area contributed by atoms with Crippen LogP contribution in [0, 0.1) is 5.95 Å². The molecule has 0 atom stereocenters. The van der Waals surface area contributed by atoms with Crippen LogP contribution in [-0.4, -0.2) is 46.5 Å². The van der Waals surface area contributed by atoms with Crippen molar-refractivity contribution in [1.29, 1.82) is 0 Å². The number of hydrogen-bond donors (Lipinski definition) is 0. The third-order valence-electron chi connectivity index (χ3n) is 4.63. The van der Waals surface area contributed by atoms with Gasteiger partial charge in [-0.2, -0.15) is 9.49 Å². The smallest absolute Gasteiger partial charge is 0.274 e. The molecule has 0 saturated carbocycles. The molecule has 0 saturated heterocycles. The number of amides is 1. The van der Waals surface area contributed by atoms with Crippen molar-refractivity contribution in [3.8, 4) is 11.3 Å². The Hall–Kier alpha value is -3.33. The van der Waals surface area contributed by atoms with E-state index in [1.165, 1.54) is 16.9 Å². The van der Waals surface area contributed by atoms with Crippen molar-refractivity contribution in [2.75, 3.05) is 6.54 Å². The summed E-state index contributed by atoms with van der Waals surface area (Å²) in [6.07, 6.45) is 6.28. The Bertz CT molecular complexity index is 1220. The molecule has 5 rings (SSSR count). The van der Waals surface area contributed by atoms with Crippen LogP contribution >= 0.6 is 11.6 Å². The highest BCUT2D eigenvalue weighted by molar-refractivity contribution is 6.30. The molecule has 0 fully saturated rings. The van der Waals surface area contributed by atoms with Crippen LogP contribution in [-0.2, 0) is 13.1 Å². The van der Waals surface area contributed by atoms with E-state index >= 15 is 0 Å². The molecule has 0 aliphatic carbocycles. The zero-order valence-electron chi connectivity index (χ0n) is 14.5. The van der Waals surface area contributed by atoms with Crippen LogP contribution in [0.4, 0.5) is 4.39 Å². The highest BCUT2D eigenvalue weighted by Crippen LogP contribution is 2.23. The Kier molecular flexibility index (Phi) is 3.83. The van der Waals surface area contributed by atoms with Gasteiger partial charge in [0.1, 0.15) is 5.82 Å². The molecule has 0 spiro atoms. The normalized spacial score (nSPS) is 13.7. The van der Waals surface area contributed by atoms with E-state index in [1.54, 1.807) is 35.5 Å². The summed E-state index contributed by atoms with van der Waals surface area (Å²) in [4.78, 5) is 26.9. The van der Waals surface area contributed by atoms with E-state index in [9.17, 15) is 9.18 Å². The van der Waals surface area contributed by atoms with E-state index in [-0.39, 0.29) is 11.6 Å². The fraction of sp³-hybridized carbons (Fsp3) is 0.167. The summed E-state index contributed by atoms with van der Waals surface area (Å²) >= 11 is 5.92. The molecule has 1 aliphatic heterocycles. The van der Waals surface area contributed by atoms with E-state index in [1.807, 2.05) is 4.57 Å². The Morgan fingerprint density at radius 1 is 1.21 bits per heavy atom. The van der Waals surface area contributed by atoms with E-state index in [2.05, 4.69) is 20.1 Å². The van der Waals surface area contributed by atoms with Gasteiger partial charge in [0, 0.05) is 37.7 Å². The van der Waals surface area contributed by atoms with Crippen LogP contribution in [0.3, 0.4) is 0 Å². The van der Waals surface area contributed by atoms with Crippen LogP contribution < -0.4 is 0 Å². The Labute approximate surface area is 163 Å². The van der Waals surface area contributed by atoms with Gasteiger partial charge in [0.2, 0.25) is 5.95 Å². The molecule has 10 heteroatoms. The third kappa shape index (κ3) is 2.80. The van der Waals surface area contributed by atoms with Crippen molar-refractivity contribution in [1.82, 2.24) is 34.0 Å². The number of pyridine rings is 1. The van der Waals surface area contributed by atoms with Crippen LogP contribution in [0.5, 0.6) is 0 Å². The minimum absolute atomic E-state index is 0.218. The zero-order chi connectivity index (χ0) is 19.3. The van der Waals surface area contributed by atoms with Crippen LogP contribution in [0.15, 0.2) is 43.0 Å². The van der Waals surface area contributed by atoms with Crippen molar-refractivity contribution >= 4 is 23.2 Å². The molecule has 8 nitrogen and oxygen atoms in total. The molecule has 0 bridgehead atoms. The van der Waals surface area contributed by atoms with E-state index < -0.39 is 5.95 Å². The molecule has 1 amide bonds. The first kappa shape index (κ1) is 16.8. The monoisotopic (exact) mass is 397 g/mol. The topological polar surface area (TPSA) is 81.2 Å². The van der Waals surface area contributed by atoms with Crippen LogP contribution in [0.2, 0.25) is 5.02 Å². The average molecular weight is 398 g/mol. The molecule has 5 heterocycles. The molecule has 0 radical (unpaired) electrons. The molecule has 0 N–H and O–H groups in total. The maximum absolute atomic E-state index is 13.9. The molecule has 140 valence electrons. The van der Waals surface area contributed by atoms with Crippen LogP contribution in [0.25, 0.3) is 16.9 Å². The predicted octanol–water partition coefficient (Wildman–Crippen LogP) is 2.44. The van der Waals surface area contributed by atoms with Gasteiger partial charge in [-0.3, -0.25) is 4.79 Å². The lowest BCUT2D eigenvalue weighted by Crippen LogP contribution is -2.38. The minimum Gasteiger partial charge on any atom is -0.331 e. The molecule has 4 aromatic rings. The van der Waals surface area contributed by atoms with Gasteiger partial charge in [0.15, 0.2) is 11.3 Å². The molecule has 0 aromatic carbocycles. The van der Waals surface area contributed by atoms with Crippen molar-refractivity contribution in [3.05, 3.63) is 65.5 Å². The van der Waals surface area contributed by atoms with Crippen molar-refractivity contribution in [2.24, 2.45) is 0 Å². The maximum Gasteiger partial charge on any atom is 0.274 e. The molecule has 0 unspecified atom stereocenters. The fourth-order valence-electron chi connectivity index (χ4n) is 3.25. The number of rotatable bonds is 2. The summed E-state index contributed by atoms with van der Waals surface area (Å²) in [5, 5.41) is 4.70. The second kappa shape index (κ2) is 6.38. The molecular weight excluding hydrogens is 385 g/mol. The van der Waals surface area contributed by atoms with Crippen molar-refractivity contribution in [3.63, 3.8) is 0 Å². The summed E-state index contributed by atoms with van der Waals surface area (Å²) in [5.41, 5.74) is 1.67. The molecule has 28 heavy (non-hydrogen) atoms. The highest BCUT2D eigenvalue weighted by atomic mass is 35.5. The zero-order valence-corrected chi connectivity index (χ0v) is 15.2. The SMILES string of the molecule is O=C(c1cc2ncc(Cl)cn2n1)N1CCn2cc(-c3cccnc3F)nc2C1. The first-order chi connectivity index (χ1) is 13.6. The van der Waals surface area contributed by atoms with Crippen molar-refractivity contribution in [2.45, 2.75) is 13.1 Å². The number of carbonyl (C=O) groups excluding carboxylic acids is 1. The lowest BCUT2D eigenvalue weighted by Gasteiger charge is -2.26. The third-order valence-corrected chi connectivity index (χ3v) is 4.82. The van der Waals surface area contributed by atoms with Crippen molar-refractivity contribution < 1.29 is 9.18 Å². The molecular formula is C18H13ClFN7O. The maximum atomic E-state index is 13.9. The average Bonchev–Trinajstić information content (AvgIpc) is 3.30. The Morgan fingerprint density at radius 3 is 2.96 bits per heavy atom. The van der Waals surface area contributed by atoms with Gasteiger partial charge in [-0.25, -0.2) is 19.5 Å². The fourth-order valence-corrected chi connectivity index (χ4v) is 3.39. The predicted molar refractivity (Wildman–Crippen MR) is 98.2 cm³/mol. The van der Waals surface area contributed by atoms with E-state index in [0.29, 0.717) is 47.4 Å². The first-order valence-electron chi connectivity index (χ1n) is 8.55. The molecule has 4 aromatic heterocycles. The second-order valence-corrected chi connectivity index (χ2v) is 6.85. The minimum atomic E-state index is -0.568. The number of nitrogens with zero attached hydrogens (tertiary/aromatic N) is 7. The van der Waals surface area contributed by atoms with Crippen LogP contribution in [0.1, 0.15) is 16.3 Å². The lowest BCUT2D eigenvalue weighted by molar-refractivity contribution is 0.0701. The Balaban J connectivity index is 1.42.